The summed E-state index contributed by atoms with van der Waals surface area (Å²) >= 11 is 0. The monoisotopic (exact) mass is 265 g/mol. The van der Waals surface area contributed by atoms with Gasteiger partial charge in [0.2, 0.25) is 0 Å². The maximum absolute atomic E-state index is 9.90. The number of hydrogen-bond donors (Lipinski definition) is 2. The zero-order valence-corrected chi connectivity index (χ0v) is 12.2. The molecule has 4 heteroatoms. The van der Waals surface area contributed by atoms with Gasteiger partial charge in [-0.05, 0) is 24.8 Å². The van der Waals surface area contributed by atoms with Crippen LogP contribution in [0.5, 0.6) is 0 Å². The molecule has 1 atom stereocenters. The molecule has 108 valence electrons. The van der Waals surface area contributed by atoms with E-state index < -0.39 is 0 Å². The highest BCUT2D eigenvalue weighted by Crippen LogP contribution is 2.48. The Balaban J connectivity index is 2.28. The SMILES string of the molecule is CC(C)Cn1nccc1C(CN)C1(CO)CCCC1. The van der Waals surface area contributed by atoms with Gasteiger partial charge in [-0.3, -0.25) is 4.68 Å². The van der Waals surface area contributed by atoms with E-state index in [1.165, 1.54) is 18.5 Å². The van der Waals surface area contributed by atoms with Crippen LogP contribution in [0, 0.1) is 11.3 Å². The molecule has 0 aliphatic heterocycles. The van der Waals surface area contributed by atoms with Crippen LogP contribution in [-0.4, -0.2) is 28.0 Å². The van der Waals surface area contributed by atoms with Crippen LogP contribution >= 0.6 is 0 Å². The van der Waals surface area contributed by atoms with Gasteiger partial charge >= 0.3 is 0 Å². The Morgan fingerprint density at radius 3 is 2.63 bits per heavy atom. The molecule has 0 bridgehead atoms. The first-order valence-electron chi connectivity index (χ1n) is 7.45. The van der Waals surface area contributed by atoms with E-state index in [4.69, 9.17) is 5.73 Å². The second-order valence-electron chi connectivity index (χ2n) is 6.35. The summed E-state index contributed by atoms with van der Waals surface area (Å²) in [6.45, 7) is 6.13. The van der Waals surface area contributed by atoms with Crippen LogP contribution in [0.15, 0.2) is 12.3 Å². The molecule has 1 heterocycles. The summed E-state index contributed by atoms with van der Waals surface area (Å²) in [5.41, 5.74) is 7.23. The molecule has 19 heavy (non-hydrogen) atoms. The van der Waals surface area contributed by atoms with Crippen molar-refractivity contribution in [3.8, 4) is 0 Å². The Kier molecular flexibility index (Phi) is 4.63. The largest absolute Gasteiger partial charge is 0.396 e. The first-order chi connectivity index (χ1) is 9.13. The van der Waals surface area contributed by atoms with Gasteiger partial charge in [-0.2, -0.15) is 5.10 Å². The molecule has 1 saturated carbocycles. The van der Waals surface area contributed by atoms with E-state index in [0.29, 0.717) is 12.5 Å². The second-order valence-corrected chi connectivity index (χ2v) is 6.35. The minimum atomic E-state index is -0.0243. The summed E-state index contributed by atoms with van der Waals surface area (Å²) < 4.78 is 2.08. The first-order valence-corrected chi connectivity index (χ1v) is 7.45. The molecule has 1 aromatic rings. The highest BCUT2D eigenvalue weighted by molar-refractivity contribution is 5.15. The molecule has 2 rings (SSSR count). The zero-order valence-electron chi connectivity index (χ0n) is 12.2. The molecule has 0 radical (unpaired) electrons. The van der Waals surface area contributed by atoms with Crippen molar-refractivity contribution >= 4 is 0 Å². The number of aliphatic hydroxyl groups excluding tert-OH is 1. The minimum absolute atomic E-state index is 0.0243. The molecule has 0 aromatic carbocycles. The van der Waals surface area contributed by atoms with E-state index in [0.717, 1.165) is 19.4 Å². The molecule has 1 aliphatic carbocycles. The lowest BCUT2D eigenvalue weighted by atomic mass is 9.72. The molecule has 1 aromatic heterocycles. The van der Waals surface area contributed by atoms with Crippen LogP contribution in [0.2, 0.25) is 0 Å². The van der Waals surface area contributed by atoms with Crippen LogP contribution < -0.4 is 5.73 Å². The lowest BCUT2D eigenvalue weighted by Gasteiger charge is -2.35. The van der Waals surface area contributed by atoms with Gasteiger partial charge in [0.25, 0.3) is 0 Å². The number of rotatable bonds is 6. The predicted octanol–water partition coefficient (Wildman–Crippen LogP) is 2.13. The van der Waals surface area contributed by atoms with Gasteiger partial charge in [0.05, 0.1) is 0 Å². The van der Waals surface area contributed by atoms with Gasteiger partial charge in [-0.15, -0.1) is 0 Å². The van der Waals surface area contributed by atoms with Gasteiger partial charge in [-0.25, -0.2) is 0 Å². The van der Waals surface area contributed by atoms with Crippen LogP contribution in [0.1, 0.15) is 51.1 Å². The van der Waals surface area contributed by atoms with E-state index >= 15 is 0 Å². The number of aliphatic hydroxyl groups is 1. The first kappa shape index (κ1) is 14.5. The van der Waals surface area contributed by atoms with Gasteiger partial charge < -0.3 is 10.8 Å². The summed E-state index contributed by atoms with van der Waals surface area (Å²) in [5, 5.41) is 14.3. The van der Waals surface area contributed by atoms with Gasteiger partial charge in [0.15, 0.2) is 0 Å². The van der Waals surface area contributed by atoms with Crippen molar-refractivity contribution in [3.05, 3.63) is 18.0 Å². The molecule has 1 fully saturated rings. The van der Waals surface area contributed by atoms with E-state index in [2.05, 4.69) is 29.7 Å². The molecular formula is C15H27N3O. The summed E-state index contributed by atoms with van der Waals surface area (Å²) in [6, 6.07) is 2.08. The molecule has 0 spiro atoms. The summed E-state index contributed by atoms with van der Waals surface area (Å²) in [6.07, 6.45) is 6.43. The fourth-order valence-electron chi connectivity index (χ4n) is 3.52. The predicted molar refractivity (Wildman–Crippen MR) is 76.8 cm³/mol. The number of nitrogens with zero attached hydrogens (tertiary/aromatic N) is 2. The van der Waals surface area contributed by atoms with Crippen LogP contribution in [0.25, 0.3) is 0 Å². The maximum atomic E-state index is 9.90. The average Bonchev–Trinajstić information content (AvgIpc) is 3.01. The van der Waals surface area contributed by atoms with Crippen molar-refractivity contribution in [1.29, 1.82) is 0 Å². The normalized spacial score (nSPS) is 20.1. The highest BCUT2D eigenvalue weighted by atomic mass is 16.3. The Bertz CT molecular complexity index is 394. The molecule has 3 N–H and O–H groups in total. The Labute approximate surface area is 116 Å². The van der Waals surface area contributed by atoms with Crippen molar-refractivity contribution in [1.82, 2.24) is 9.78 Å². The Hall–Kier alpha value is -0.870. The van der Waals surface area contributed by atoms with E-state index in [9.17, 15) is 5.11 Å². The molecular weight excluding hydrogens is 238 g/mol. The lowest BCUT2D eigenvalue weighted by Crippen LogP contribution is -2.36. The Morgan fingerprint density at radius 2 is 2.11 bits per heavy atom. The fourth-order valence-corrected chi connectivity index (χ4v) is 3.52. The van der Waals surface area contributed by atoms with E-state index in [1.807, 2.05) is 6.20 Å². The summed E-state index contributed by atoms with van der Waals surface area (Å²) in [5.74, 6) is 0.784. The maximum Gasteiger partial charge on any atom is 0.0494 e. The number of hydrogen-bond acceptors (Lipinski definition) is 3. The van der Waals surface area contributed by atoms with E-state index in [-0.39, 0.29) is 17.9 Å². The third kappa shape index (κ3) is 2.84. The minimum Gasteiger partial charge on any atom is -0.396 e. The topological polar surface area (TPSA) is 64.1 Å². The summed E-state index contributed by atoms with van der Waals surface area (Å²) in [7, 11) is 0. The highest BCUT2D eigenvalue weighted by Gasteiger charge is 2.42. The third-order valence-electron chi connectivity index (χ3n) is 4.53. The van der Waals surface area contributed by atoms with E-state index in [1.54, 1.807) is 0 Å². The zero-order chi connectivity index (χ0) is 13.9. The van der Waals surface area contributed by atoms with Crippen LogP contribution in [0.3, 0.4) is 0 Å². The van der Waals surface area contributed by atoms with Crippen LogP contribution in [-0.2, 0) is 6.54 Å². The summed E-state index contributed by atoms with van der Waals surface area (Å²) in [4.78, 5) is 0. The van der Waals surface area contributed by atoms with Crippen molar-refractivity contribution in [2.75, 3.05) is 13.2 Å². The van der Waals surface area contributed by atoms with Crippen molar-refractivity contribution < 1.29 is 5.11 Å². The fraction of sp³-hybridized carbons (Fsp3) is 0.800. The quantitative estimate of drug-likeness (QED) is 0.828. The van der Waals surface area contributed by atoms with Crippen LogP contribution in [0.4, 0.5) is 0 Å². The third-order valence-corrected chi connectivity index (χ3v) is 4.53. The lowest BCUT2D eigenvalue weighted by molar-refractivity contribution is 0.0987. The number of aromatic nitrogens is 2. The molecule has 4 nitrogen and oxygen atoms in total. The van der Waals surface area contributed by atoms with Gasteiger partial charge in [0, 0.05) is 42.9 Å². The average molecular weight is 265 g/mol. The molecule has 1 aliphatic rings. The van der Waals surface area contributed by atoms with Crippen molar-refractivity contribution in [2.45, 2.75) is 52.0 Å². The molecule has 0 amide bonds. The number of nitrogens with two attached hydrogens (primary N) is 1. The smallest absolute Gasteiger partial charge is 0.0494 e. The van der Waals surface area contributed by atoms with Crippen molar-refractivity contribution in [2.24, 2.45) is 17.1 Å². The van der Waals surface area contributed by atoms with Gasteiger partial charge in [0.1, 0.15) is 0 Å². The standard InChI is InChI=1S/C15H27N3O/c1-12(2)10-18-14(5-8-17-18)13(9-16)15(11-19)6-3-4-7-15/h5,8,12-13,19H,3-4,6-7,9-11,16H2,1-2H3. The molecule has 0 saturated heterocycles. The van der Waals surface area contributed by atoms with Crippen molar-refractivity contribution in [3.63, 3.8) is 0 Å². The second kappa shape index (κ2) is 6.06. The molecule has 1 unspecified atom stereocenters. The van der Waals surface area contributed by atoms with Gasteiger partial charge in [-0.1, -0.05) is 26.7 Å². The Morgan fingerprint density at radius 1 is 1.42 bits per heavy atom.